The van der Waals surface area contributed by atoms with E-state index in [9.17, 15) is 9.18 Å². The fraction of sp³-hybridized carbons (Fsp3) is 0.105. The second-order valence-corrected chi connectivity index (χ2v) is 6.00. The number of carbonyl (C=O) groups is 1. The van der Waals surface area contributed by atoms with Crippen molar-refractivity contribution >= 4 is 17.1 Å². The van der Waals surface area contributed by atoms with E-state index in [1.807, 2.05) is 41.8 Å². The summed E-state index contributed by atoms with van der Waals surface area (Å²) in [6.45, 7) is 0. The van der Waals surface area contributed by atoms with E-state index in [0.717, 1.165) is 28.0 Å². The van der Waals surface area contributed by atoms with Crippen LogP contribution < -0.4 is 0 Å². The number of carbonyl (C=O) groups excluding carboxylic acids is 1. The van der Waals surface area contributed by atoms with Gasteiger partial charge in [-0.25, -0.2) is 4.39 Å². The molecule has 0 fully saturated rings. The Labute approximate surface area is 133 Å². The van der Waals surface area contributed by atoms with Crippen molar-refractivity contribution in [3.63, 3.8) is 0 Å². The van der Waals surface area contributed by atoms with Crippen LogP contribution in [0.5, 0.6) is 0 Å². The standard InChI is InChI=1S/C19H15FOS/c20-16-9-7-15(8-10-16)17-12-13-22-19(17)18(21)11-6-14-4-2-1-3-5-14/h1-5,7-10,12-13H,6,11H2. The van der Waals surface area contributed by atoms with Gasteiger partial charge in [0.15, 0.2) is 5.78 Å². The summed E-state index contributed by atoms with van der Waals surface area (Å²) in [4.78, 5) is 13.2. The highest BCUT2D eigenvalue weighted by molar-refractivity contribution is 7.12. The minimum atomic E-state index is -0.268. The lowest BCUT2D eigenvalue weighted by Crippen LogP contribution is -2.00. The van der Waals surface area contributed by atoms with Crippen molar-refractivity contribution in [1.82, 2.24) is 0 Å². The SMILES string of the molecule is O=C(CCc1ccccc1)c1sccc1-c1ccc(F)cc1. The number of thiophene rings is 1. The van der Waals surface area contributed by atoms with Crippen LogP contribution in [0.2, 0.25) is 0 Å². The minimum Gasteiger partial charge on any atom is -0.293 e. The Balaban J connectivity index is 1.76. The summed E-state index contributed by atoms with van der Waals surface area (Å²) >= 11 is 1.45. The largest absolute Gasteiger partial charge is 0.293 e. The van der Waals surface area contributed by atoms with Crippen molar-refractivity contribution in [2.75, 3.05) is 0 Å². The highest BCUT2D eigenvalue weighted by Crippen LogP contribution is 2.29. The summed E-state index contributed by atoms with van der Waals surface area (Å²) in [5, 5.41) is 1.91. The van der Waals surface area contributed by atoms with Crippen LogP contribution in [0, 0.1) is 5.82 Å². The number of aryl methyl sites for hydroxylation is 1. The third-order valence-corrected chi connectivity index (χ3v) is 4.51. The van der Waals surface area contributed by atoms with E-state index in [-0.39, 0.29) is 11.6 Å². The molecule has 0 aliphatic carbocycles. The summed E-state index contributed by atoms with van der Waals surface area (Å²) in [7, 11) is 0. The van der Waals surface area contributed by atoms with Crippen molar-refractivity contribution in [3.8, 4) is 11.1 Å². The molecule has 0 aliphatic heterocycles. The van der Waals surface area contributed by atoms with E-state index >= 15 is 0 Å². The number of halogens is 1. The van der Waals surface area contributed by atoms with Gasteiger partial charge in [0.1, 0.15) is 5.82 Å². The van der Waals surface area contributed by atoms with Crippen LogP contribution in [0.15, 0.2) is 66.0 Å². The maximum Gasteiger partial charge on any atom is 0.173 e. The lowest BCUT2D eigenvalue weighted by molar-refractivity contribution is 0.0987. The van der Waals surface area contributed by atoms with Crippen LogP contribution in [0.25, 0.3) is 11.1 Å². The Morgan fingerprint density at radius 3 is 2.41 bits per heavy atom. The Hall–Kier alpha value is -2.26. The fourth-order valence-electron chi connectivity index (χ4n) is 2.40. The number of hydrogen-bond acceptors (Lipinski definition) is 2. The number of rotatable bonds is 5. The van der Waals surface area contributed by atoms with Crippen molar-refractivity contribution in [1.29, 1.82) is 0 Å². The molecule has 0 spiro atoms. The Bertz CT molecular complexity index is 760. The average molecular weight is 310 g/mol. The van der Waals surface area contributed by atoms with Crippen LogP contribution in [0.3, 0.4) is 0 Å². The smallest absolute Gasteiger partial charge is 0.173 e. The third kappa shape index (κ3) is 3.31. The third-order valence-electron chi connectivity index (χ3n) is 3.56. The van der Waals surface area contributed by atoms with Crippen molar-refractivity contribution in [2.45, 2.75) is 12.8 Å². The topological polar surface area (TPSA) is 17.1 Å². The van der Waals surface area contributed by atoms with Gasteiger partial charge >= 0.3 is 0 Å². The minimum absolute atomic E-state index is 0.137. The Morgan fingerprint density at radius 1 is 0.955 bits per heavy atom. The van der Waals surface area contributed by atoms with Gasteiger partial charge in [0.2, 0.25) is 0 Å². The summed E-state index contributed by atoms with van der Waals surface area (Å²) in [6, 6.07) is 18.2. The Kier molecular flexibility index (Phi) is 4.45. The molecule has 3 aromatic rings. The van der Waals surface area contributed by atoms with Gasteiger partial charge in [-0.2, -0.15) is 0 Å². The molecule has 1 nitrogen and oxygen atoms in total. The predicted octanol–water partition coefficient (Wildman–Crippen LogP) is 5.37. The van der Waals surface area contributed by atoms with E-state index in [4.69, 9.17) is 0 Å². The molecule has 3 rings (SSSR count). The first-order valence-corrected chi connectivity index (χ1v) is 8.02. The van der Waals surface area contributed by atoms with Crippen LogP contribution in [-0.2, 0) is 6.42 Å². The summed E-state index contributed by atoms with van der Waals surface area (Å²) in [6.07, 6.45) is 1.22. The zero-order valence-corrected chi connectivity index (χ0v) is 12.8. The molecule has 0 saturated heterocycles. The molecule has 0 N–H and O–H groups in total. The van der Waals surface area contributed by atoms with Gasteiger partial charge in [0.25, 0.3) is 0 Å². The maximum atomic E-state index is 13.0. The fourth-order valence-corrected chi connectivity index (χ4v) is 3.28. The van der Waals surface area contributed by atoms with Crippen LogP contribution in [0.1, 0.15) is 21.7 Å². The molecule has 0 bridgehead atoms. The van der Waals surface area contributed by atoms with Crippen molar-refractivity contribution in [2.24, 2.45) is 0 Å². The molecule has 1 aromatic heterocycles. The molecule has 0 amide bonds. The number of hydrogen-bond donors (Lipinski definition) is 0. The molecular formula is C19H15FOS. The Morgan fingerprint density at radius 2 is 1.68 bits per heavy atom. The summed E-state index contributed by atoms with van der Waals surface area (Å²) in [5.74, 6) is -0.130. The molecule has 0 radical (unpaired) electrons. The molecular weight excluding hydrogens is 295 g/mol. The highest BCUT2D eigenvalue weighted by atomic mass is 32.1. The molecule has 2 aromatic carbocycles. The lowest BCUT2D eigenvalue weighted by Gasteiger charge is -2.04. The van der Waals surface area contributed by atoms with E-state index in [0.29, 0.717) is 6.42 Å². The predicted molar refractivity (Wildman–Crippen MR) is 88.8 cm³/mol. The number of ketones is 1. The van der Waals surface area contributed by atoms with Crippen molar-refractivity contribution < 1.29 is 9.18 Å². The van der Waals surface area contributed by atoms with Crippen molar-refractivity contribution in [3.05, 3.63) is 82.3 Å². The van der Waals surface area contributed by atoms with Gasteiger partial charge < -0.3 is 0 Å². The van der Waals surface area contributed by atoms with Gasteiger partial charge in [-0.15, -0.1) is 11.3 Å². The molecule has 22 heavy (non-hydrogen) atoms. The molecule has 1 heterocycles. The molecule has 0 unspecified atom stereocenters. The van der Waals surface area contributed by atoms with Gasteiger partial charge in [-0.05, 0) is 41.1 Å². The van der Waals surface area contributed by atoms with Gasteiger partial charge in [-0.1, -0.05) is 42.5 Å². The van der Waals surface area contributed by atoms with Gasteiger partial charge in [-0.3, -0.25) is 4.79 Å². The van der Waals surface area contributed by atoms with E-state index < -0.39 is 0 Å². The number of benzene rings is 2. The van der Waals surface area contributed by atoms with Crippen LogP contribution in [-0.4, -0.2) is 5.78 Å². The van der Waals surface area contributed by atoms with Gasteiger partial charge in [0.05, 0.1) is 4.88 Å². The first-order valence-electron chi connectivity index (χ1n) is 7.14. The molecule has 0 aliphatic rings. The number of Topliss-reactive ketones (excluding diaryl/α,β-unsaturated/α-hetero) is 1. The monoisotopic (exact) mass is 310 g/mol. The summed E-state index contributed by atoms with van der Waals surface area (Å²) in [5.41, 5.74) is 2.93. The maximum absolute atomic E-state index is 13.0. The van der Waals surface area contributed by atoms with Crippen LogP contribution >= 0.6 is 11.3 Å². The molecule has 0 atom stereocenters. The lowest BCUT2D eigenvalue weighted by atomic mass is 10.0. The molecule has 3 heteroatoms. The molecule has 0 saturated carbocycles. The van der Waals surface area contributed by atoms with E-state index in [1.54, 1.807) is 12.1 Å². The zero-order chi connectivity index (χ0) is 15.4. The summed E-state index contributed by atoms with van der Waals surface area (Å²) < 4.78 is 13.0. The normalized spacial score (nSPS) is 10.6. The molecule has 110 valence electrons. The van der Waals surface area contributed by atoms with Gasteiger partial charge in [0, 0.05) is 12.0 Å². The average Bonchev–Trinajstić information content (AvgIpc) is 3.04. The quantitative estimate of drug-likeness (QED) is 0.579. The first-order chi connectivity index (χ1) is 10.7. The van der Waals surface area contributed by atoms with E-state index in [2.05, 4.69) is 0 Å². The zero-order valence-electron chi connectivity index (χ0n) is 12.0. The second kappa shape index (κ2) is 6.67. The van der Waals surface area contributed by atoms with E-state index in [1.165, 1.54) is 23.5 Å². The van der Waals surface area contributed by atoms with Crippen LogP contribution in [0.4, 0.5) is 4.39 Å². The highest BCUT2D eigenvalue weighted by Gasteiger charge is 2.14. The second-order valence-electron chi connectivity index (χ2n) is 5.08. The first kappa shape index (κ1) is 14.7.